The van der Waals surface area contributed by atoms with Crippen molar-refractivity contribution in [1.29, 1.82) is 0 Å². The lowest BCUT2D eigenvalue weighted by atomic mass is 10.1. The highest BCUT2D eigenvalue weighted by atomic mass is 79.9. The van der Waals surface area contributed by atoms with Crippen LogP contribution in [0.5, 0.6) is 11.5 Å². The fraction of sp³-hybridized carbons (Fsp3) is 0.250. The molecule has 0 fully saturated rings. The first kappa shape index (κ1) is 14.9. The third-order valence-electron chi connectivity index (χ3n) is 2.99. The molecule has 0 radical (unpaired) electrons. The smallest absolute Gasteiger partial charge is 0.133 e. The van der Waals surface area contributed by atoms with E-state index in [1.54, 1.807) is 7.11 Å². The monoisotopic (exact) mass is 336 g/mol. The Balaban J connectivity index is 1.88. The summed E-state index contributed by atoms with van der Waals surface area (Å²) in [5, 5.41) is 9.05. The summed E-state index contributed by atoms with van der Waals surface area (Å²) in [5.74, 6) is 1.65. The third kappa shape index (κ3) is 3.99. The van der Waals surface area contributed by atoms with Gasteiger partial charge in [-0.1, -0.05) is 18.2 Å². The minimum Gasteiger partial charge on any atom is -0.497 e. The molecule has 0 atom stereocenters. The van der Waals surface area contributed by atoms with E-state index in [0.29, 0.717) is 6.61 Å². The van der Waals surface area contributed by atoms with Gasteiger partial charge in [-0.05, 0) is 51.3 Å². The lowest BCUT2D eigenvalue weighted by Gasteiger charge is -2.09. The Morgan fingerprint density at radius 2 is 1.75 bits per heavy atom. The highest BCUT2D eigenvalue weighted by Crippen LogP contribution is 2.26. The van der Waals surface area contributed by atoms with Gasteiger partial charge < -0.3 is 14.6 Å². The maximum atomic E-state index is 9.05. The number of hydrogen-bond acceptors (Lipinski definition) is 3. The minimum absolute atomic E-state index is 0.0325. The molecule has 2 aromatic rings. The van der Waals surface area contributed by atoms with Crippen molar-refractivity contribution in [2.24, 2.45) is 0 Å². The number of hydrogen-bond donors (Lipinski definition) is 1. The maximum Gasteiger partial charge on any atom is 0.133 e. The Bertz CT molecular complexity index is 552. The van der Waals surface area contributed by atoms with E-state index >= 15 is 0 Å². The maximum absolute atomic E-state index is 9.05. The molecule has 0 spiro atoms. The molecule has 3 nitrogen and oxygen atoms in total. The van der Waals surface area contributed by atoms with Gasteiger partial charge in [0.1, 0.15) is 11.5 Å². The van der Waals surface area contributed by atoms with E-state index in [9.17, 15) is 0 Å². The van der Waals surface area contributed by atoms with Crippen LogP contribution >= 0.6 is 15.9 Å². The second kappa shape index (κ2) is 7.31. The molecule has 2 rings (SSSR count). The second-order valence-corrected chi connectivity index (χ2v) is 5.22. The lowest BCUT2D eigenvalue weighted by Crippen LogP contribution is -2.02. The van der Waals surface area contributed by atoms with Crippen molar-refractivity contribution in [3.05, 3.63) is 58.1 Å². The van der Waals surface area contributed by atoms with E-state index in [2.05, 4.69) is 15.9 Å². The molecule has 2 aromatic carbocycles. The van der Waals surface area contributed by atoms with Gasteiger partial charge in [-0.2, -0.15) is 0 Å². The molecule has 0 aliphatic heterocycles. The van der Waals surface area contributed by atoms with Crippen LogP contribution in [0.1, 0.15) is 11.1 Å². The van der Waals surface area contributed by atoms with E-state index in [0.717, 1.165) is 28.0 Å². The van der Waals surface area contributed by atoms with Crippen LogP contribution in [0.25, 0.3) is 0 Å². The second-order valence-electron chi connectivity index (χ2n) is 4.37. The minimum atomic E-state index is 0.0325. The van der Waals surface area contributed by atoms with Crippen LogP contribution in [0, 0.1) is 0 Å². The van der Waals surface area contributed by atoms with Crippen molar-refractivity contribution in [2.75, 3.05) is 13.7 Å². The van der Waals surface area contributed by atoms with Crippen molar-refractivity contribution < 1.29 is 14.6 Å². The predicted octanol–water partition coefficient (Wildman–Crippen LogP) is 3.57. The van der Waals surface area contributed by atoms with Crippen LogP contribution in [-0.4, -0.2) is 18.8 Å². The molecule has 0 aliphatic carbocycles. The molecule has 0 heterocycles. The summed E-state index contributed by atoms with van der Waals surface area (Å²) in [4.78, 5) is 0. The average molecular weight is 337 g/mol. The van der Waals surface area contributed by atoms with Crippen LogP contribution in [0.2, 0.25) is 0 Å². The Hall–Kier alpha value is -1.52. The predicted molar refractivity (Wildman–Crippen MR) is 82.3 cm³/mol. The molecule has 0 bridgehead atoms. The fourth-order valence-electron chi connectivity index (χ4n) is 1.83. The molecular weight excluding hydrogens is 320 g/mol. The summed E-state index contributed by atoms with van der Waals surface area (Å²) in [6.07, 6.45) is 0.832. The molecular formula is C16H17BrO3. The zero-order valence-electron chi connectivity index (χ0n) is 11.3. The molecule has 20 heavy (non-hydrogen) atoms. The number of rotatable bonds is 6. The molecule has 0 aliphatic rings. The van der Waals surface area contributed by atoms with Crippen LogP contribution < -0.4 is 9.47 Å². The molecule has 0 saturated carbocycles. The largest absolute Gasteiger partial charge is 0.497 e. The van der Waals surface area contributed by atoms with Crippen LogP contribution in [0.3, 0.4) is 0 Å². The molecule has 1 N–H and O–H groups in total. The van der Waals surface area contributed by atoms with Gasteiger partial charge in [-0.15, -0.1) is 0 Å². The van der Waals surface area contributed by atoms with Crippen molar-refractivity contribution in [2.45, 2.75) is 13.0 Å². The zero-order valence-corrected chi connectivity index (χ0v) is 12.9. The summed E-state index contributed by atoms with van der Waals surface area (Å²) in [7, 11) is 1.66. The van der Waals surface area contributed by atoms with Gasteiger partial charge in [-0.25, -0.2) is 0 Å². The lowest BCUT2D eigenvalue weighted by molar-refractivity contribution is 0.281. The third-order valence-corrected chi connectivity index (χ3v) is 3.61. The molecule has 0 aromatic heterocycles. The summed E-state index contributed by atoms with van der Waals surface area (Å²) in [6.45, 7) is 0.633. The SMILES string of the molecule is COc1ccc(CCOc2ccc(CO)cc2Br)cc1. The number of aliphatic hydroxyl groups excluding tert-OH is 1. The van der Waals surface area contributed by atoms with E-state index in [1.165, 1.54) is 5.56 Å². The summed E-state index contributed by atoms with van der Waals surface area (Å²) in [5.41, 5.74) is 2.06. The topological polar surface area (TPSA) is 38.7 Å². The number of methoxy groups -OCH3 is 1. The first-order valence-corrected chi connectivity index (χ1v) is 7.17. The summed E-state index contributed by atoms with van der Waals surface area (Å²) >= 11 is 3.44. The van der Waals surface area contributed by atoms with Gasteiger partial charge in [0.15, 0.2) is 0 Å². The van der Waals surface area contributed by atoms with Gasteiger partial charge in [0.25, 0.3) is 0 Å². The van der Waals surface area contributed by atoms with Gasteiger partial charge >= 0.3 is 0 Å². The van der Waals surface area contributed by atoms with Crippen molar-refractivity contribution in [3.8, 4) is 11.5 Å². The van der Waals surface area contributed by atoms with Gasteiger partial charge in [0.05, 0.1) is 24.8 Å². The summed E-state index contributed by atoms with van der Waals surface area (Å²) in [6, 6.07) is 13.5. The van der Waals surface area contributed by atoms with Gasteiger partial charge in [0.2, 0.25) is 0 Å². The number of halogens is 1. The van der Waals surface area contributed by atoms with Crippen molar-refractivity contribution in [3.63, 3.8) is 0 Å². The Labute approximate surface area is 127 Å². The van der Waals surface area contributed by atoms with Gasteiger partial charge in [0, 0.05) is 6.42 Å². The molecule has 0 unspecified atom stereocenters. The quantitative estimate of drug-likeness (QED) is 0.876. The van der Waals surface area contributed by atoms with Crippen LogP contribution in [0.4, 0.5) is 0 Å². The Morgan fingerprint density at radius 3 is 2.35 bits per heavy atom. The molecule has 0 saturated heterocycles. The highest BCUT2D eigenvalue weighted by Gasteiger charge is 2.03. The molecule has 4 heteroatoms. The standard InChI is InChI=1S/C16H17BrO3/c1-19-14-5-2-12(3-6-14)8-9-20-16-7-4-13(11-18)10-15(16)17/h2-7,10,18H,8-9,11H2,1H3. The highest BCUT2D eigenvalue weighted by molar-refractivity contribution is 9.10. The van der Waals surface area contributed by atoms with Crippen molar-refractivity contribution in [1.82, 2.24) is 0 Å². The van der Waals surface area contributed by atoms with E-state index in [-0.39, 0.29) is 6.61 Å². The van der Waals surface area contributed by atoms with E-state index in [4.69, 9.17) is 14.6 Å². The fourth-order valence-corrected chi connectivity index (χ4v) is 2.37. The average Bonchev–Trinajstić information content (AvgIpc) is 2.49. The van der Waals surface area contributed by atoms with E-state index in [1.807, 2.05) is 42.5 Å². The zero-order chi connectivity index (χ0) is 14.4. The number of aliphatic hydroxyl groups is 1. The summed E-state index contributed by atoms with van der Waals surface area (Å²) < 4.78 is 11.7. The normalized spacial score (nSPS) is 10.3. The first-order chi connectivity index (χ1) is 9.72. The molecule has 106 valence electrons. The first-order valence-electron chi connectivity index (χ1n) is 6.38. The van der Waals surface area contributed by atoms with Gasteiger partial charge in [-0.3, -0.25) is 0 Å². The molecule has 0 amide bonds. The Morgan fingerprint density at radius 1 is 1.05 bits per heavy atom. The van der Waals surface area contributed by atoms with Crippen molar-refractivity contribution >= 4 is 15.9 Å². The van der Waals surface area contributed by atoms with Crippen LogP contribution in [0.15, 0.2) is 46.9 Å². The number of benzene rings is 2. The van der Waals surface area contributed by atoms with Crippen LogP contribution in [-0.2, 0) is 13.0 Å². The van der Waals surface area contributed by atoms with E-state index < -0.39 is 0 Å². The number of ether oxygens (including phenoxy) is 2. The Kier molecular flexibility index (Phi) is 5.44.